The number of methoxy groups -OCH3 is 1. The lowest BCUT2D eigenvalue weighted by molar-refractivity contribution is -0.130. The highest BCUT2D eigenvalue weighted by Crippen LogP contribution is 2.39. The Balaban J connectivity index is 2.15. The Morgan fingerprint density at radius 1 is 1.33 bits per heavy atom. The van der Waals surface area contributed by atoms with Crippen LogP contribution in [0, 0.1) is 5.92 Å². The first kappa shape index (κ1) is 16.4. The predicted molar refractivity (Wildman–Crippen MR) is 83.0 cm³/mol. The maximum atomic E-state index is 11.3. The van der Waals surface area contributed by atoms with Crippen molar-refractivity contribution in [1.29, 1.82) is 0 Å². The molecule has 1 aliphatic heterocycles. The molecule has 4 nitrogen and oxygen atoms in total. The third-order valence-electron chi connectivity index (χ3n) is 4.02. The van der Waals surface area contributed by atoms with E-state index < -0.39 is 6.10 Å². The van der Waals surface area contributed by atoms with Gasteiger partial charge in [-0.05, 0) is 24.8 Å². The summed E-state index contributed by atoms with van der Waals surface area (Å²) in [5.74, 6) is 0.688. The van der Waals surface area contributed by atoms with E-state index in [-0.39, 0.29) is 11.8 Å². The fourth-order valence-corrected chi connectivity index (χ4v) is 3.06. The molecule has 1 N–H and O–H groups in total. The van der Waals surface area contributed by atoms with E-state index in [1.54, 1.807) is 24.0 Å². The third kappa shape index (κ3) is 3.62. The van der Waals surface area contributed by atoms with Gasteiger partial charge in [-0.2, -0.15) is 0 Å². The van der Waals surface area contributed by atoms with Gasteiger partial charge < -0.3 is 14.7 Å². The molecule has 1 aromatic carbocycles. The summed E-state index contributed by atoms with van der Waals surface area (Å²) in [6.45, 7) is 2.90. The van der Waals surface area contributed by atoms with Gasteiger partial charge in [0.15, 0.2) is 0 Å². The minimum atomic E-state index is -0.677. The zero-order chi connectivity index (χ0) is 15.6. The van der Waals surface area contributed by atoms with E-state index in [1.165, 1.54) is 7.11 Å². The molecule has 1 saturated heterocycles. The first-order chi connectivity index (χ1) is 9.93. The van der Waals surface area contributed by atoms with Crippen LogP contribution in [0.1, 0.15) is 31.4 Å². The summed E-state index contributed by atoms with van der Waals surface area (Å²) in [4.78, 5) is 13.1. The van der Waals surface area contributed by atoms with Gasteiger partial charge in [-0.1, -0.05) is 23.2 Å². The zero-order valence-corrected chi connectivity index (χ0v) is 13.6. The molecule has 6 heteroatoms. The van der Waals surface area contributed by atoms with Crippen molar-refractivity contribution in [3.8, 4) is 5.75 Å². The summed E-state index contributed by atoms with van der Waals surface area (Å²) in [6, 6.07) is 3.28. The van der Waals surface area contributed by atoms with Crippen molar-refractivity contribution >= 4 is 29.1 Å². The molecule has 0 aromatic heterocycles. The van der Waals surface area contributed by atoms with Crippen LogP contribution in [-0.4, -0.2) is 36.1 Å². The number of halogens is 2. The lowest BCUT2D eigenvalue weighted by Crippen LogP contribution is -2.38. The van der Waals surface area contributed by atoms with Gasteiger partial charge in [0.05, 0.1) is 23.3 Å². The predicted octanol–water partition coefficient (Wildman–Crippen LogP) is 3.29. The van der Waals surface area contributed by atoms with Gasteiger partial charge in [0.1, 0.15) is 5.75 Å². The molecule has 0 aliphatic carbocycles. The quantitative estimate of drug-likeness (QED) is 0.924. The van der Waals surface area contributed by atoms with Crippen molar-refractivity contribution in [2.45, 2.75) is 25.9 Å². The van der Waals surface area contributed by atoms with Crippen LogP contribution in [0.3, 0.4) is 0 Å². The Morgan fingerprint density at radius 3 is 2.43 bits per heavy atom. The summed E-state index contributed by atoms with van der Waals surface area (Å²) in [5, 5.41) is 11.4. The average Bonchev–Trinajstić information content (AvgIpc) is 2.49. The molecular formula is C15H19Cl2NO3. The van der Waals surface area contributed by atoms with Crippen molar-refractivity contribution in [3.63, 3.8) is 0 Å². The number of aliphatic hydroxyl groups excluding tert-OH is 1. The number of aliphatic hydroxyl groups is 1. The number of benzene rings is 1. The fourth-order valence-electron chi connectivity index (χ4n) is 2.74. The molecule has 1 unspecified atom stereocenters. The molecule has 116 valence electrons. The molecule has 21 heavy (non-hydrogen) atoms. The van der Waals surface area contributed by atoms with E-state index in [1.807, 2.05) is 0 Å². The van der Waals surface area contributed by atoms with Gasteiger partial charge in [-0.25, -0.2) is 0 Å². The van der Waals surface area contributed by atoms with Crippen LogP contribution in [-0.2, 0) is 4.79 Å². The molecule has 0 bridgehead atoms. The van der Waals surface area contributed by atoms with Crippen molar-refractivity contribution in [2.24, 2.45) is 5.92 Å². The highest BCUT2D eigenvalue weighted by atomic mass is 35.5. The van der Waals surface area contributed by atoms with E-state index in [9.17, 15) is 9.90 Å². The van der Waals surface area contributed by atoms with E-state index in [2.05, 4.69) is 0 Å². The second-order valence-corrected chi connectivity index (χ2v) is 6.11. The summed E-state index contributed by atoms with van der Waals surface area (Å²) in [7, 11) is 1.54. The molecule has 0 spiro atoms. The SMILES string of the molecule is COc1cc(Cl)c(Cl)cc1C(O)C1CCN(C(C)=O)CC1. The Hall–Kier alpha value is -0.970. The Morgan fingerprint density at radius 2 is 1.90 bits per heavy atom. The van der Waals surface area contributed by atoms with Gasteiger partial charge in [-0.15, -0.1) is 0 Å². The van der Waals surface area contributed by atoms with E-state index >= 15 is 0 Å². The summed E-state index contributed by atoms with van der Waals surface area (Å²) in [6.07, 6.45) is 0.831. The Kier molecular flexibility index (Phi) is 5.36. The minimum absolute atomic E-state index is 0.0757. The third-order valence-corrected chi connectivity index (χ3v) is 4.74. The van der Waals surface area contributed by atoms with Crippen molar-refractivity contribution < 1.29 is 14.6 Å². The number of ether oxygens (including phenoxy) is 1. The molecule has 1 heterocycles. The van der Waals surface area contributed by atoms with Gasteiger partial charge in [0.25, 0.3) is 0 Å². The first-order valence-electron chi connectivity index (χ1n) is 6.90. The van der Waals surface area contributed by atoms with Gasteiger partial charge >= 0.3 is 0 Å². The second-order valence-electron chi connectivity index (χ2n) is 5.30. The Labute approximate surface area is 134 Å². The van der Waals surface area contributed by atoms with Crippen LogP contribution in [0.2, 0.25) is 10.0 Å². The summed E-state index contributed by atoms with van der Waals surface area (Å²) in [5.41, 5.74) is 0.646. The molecule has 1 atom stereocenters. The standard InChI is InChI=1S/C15H19Cl2NO3/c1-9(19)18-5-3-10(4-6-18)15(20)11-7-12(16)13(17)8-14(11)21-2/h7-8,10,15,20H,3-6H2,1-2H3. The highest BCUT2D eigenvalue weighted by molar-refractivity contribution is 6.42. The summed E-state index contributed by atoms with van der Waals surface area (Å²) < 4.78 is 5.28. The van der Waals surface area contributed by atoms with Crippen LogP contribution >= 0.6 is 23.2 Å². The number of amides is 1. The molecule has 1 aliphatic rings. The number of rotatable bonds is 3. The number of hydrogen-bond donors (Lipinski definition) is 1. The monoisotopic (exact) mass is 331 g/mol. The number of carbonyl (C=O) groups excluding carboxylic acids is 1. The molecule has 1 amide bonds. The van der Waals surface area contributed by atoms with E-state index in [0.29, 0.717) is 34.4 Å². The normalized spacial score (nSPS) is 17.7. The number of likely N-dealkylation sites (tertiary alicyclic amines) is 1. The van der Waals surface area contributed by atoms with Crippen LogP contribution in [0.25, 0.3) is 0 Å². The Bertz CT molecular complexity index is 528. The second kappa shape index (κ2) is 6.86. The number of nitrogens with zero attached hydrogens (tertiary/aromatic N) is 1. The smallest absolute Gasteiger partial charge is 0.219 e. The topological polar surface area (TPSA) is 49.8 Å². The van der Waals surface area contributed by atoms with Crippen molar-refractivity contribution in [1.82, 2.24) is 4.90 Å². The van der Waals surface area contributed by atoms with Crippen LogP contribution < -0.4 is 4.74 Å². The van der Waals surface area contributed by atoms with Crippen LogP contribution in [0.4, 0.5) is 0 Å². The zero-order valence-electron chi connectivity index (χ0n) is 12.1. The number of piperidine rings is 1. The summed E-state index contributed by atoms with van der Waals surface area (Å²) >= 11 is 12.0. The first-order valence-corrected chi connectivity index (χ1v) is 7.66. The van der Waals surface area contributed by atoms with Crippen molar-refractivity contribution in [2.75, 3.05) is 20.2 Å². The average molecular weight is 332 g/mol. The van der Waals surface area contributed by atoms with Crippen LogP contribution in [0.15, 0.2) is 12.1 Å². The molecular weight excluding hydrogens is 313 g/mol. The van der Waals surface area contributed by atoms with E-state index in [0.717, 1.165) is 12.8 Å². The number of hydrogen-bond acceptors (Lipinski definition) is 3. The van der Waals surface area contributed by atoms with Gasteiger partial charge in [-0.3, -0.25) is 4.79 Å². The lowest BCUT2D eigenvalue weighted by atomic mass is 9.87. The molecule has 1 fully saturated rings. The highest BCUT2D eigenvalue weighted by Gasteiger charge is 2.29. The maximum absolute atomic E-state index is 11.3. The number of carbonyl (C=O) groups is 1. The molecule has 1 aromatic rings. The van der Waals surface area contributed by atoms with Gasteiger partial charge in [0.2, 0.25) is 5.91 Å². The molecule has 0 saturated carbocycles. The minimum Gasteiger partial charge on any atom is -0.496 e. The van der Waals surface area contributed by atoms with E-state index in [4.69, 9.17) is 27.9 Å². The molecule has 0 radical (unpaired) electrons. The van der Waals surface area contributed by atoms with Gasteiger partial charge in [0, 0.05) is 31.6 Å². The lowest BCUT2D eigenvalue weighted by Gasteiger charge is -2.34. The molecule has 2 rings (SSSR count). The largest absolute Gasteiger partial charge is 0.496 e. The van der Waals surface area contributed by atoms with Crippen LogP contribution in [0.5, 0.6) is 5.75 Å². The van der Waals surface area contributed by atoms with Crippen molar-refractivity contribution in [3.05, 3.63) is 27.7 Å². The maximum Gasteiger partial charge on any atom is 0.219 e. The fraction of sp³-hybridized carbons (Fsp3) is 0.533.